The minimum absolute atomic E-state index is 0.0207. The van der Waals surface area contributed by atoms with Crippen LogP contribution in [0.2, 0.25) is 10.0 Å². The summed E-state index contributed by atoms with van der Waals surface area (Å²) >= 11 is 11.8. The summed E-state index contributed by atoms with van der Waals surface area (Å²) in [5.41, 5.74) is 0.882. The van der Waals surface area contributed by atoms with E-state index in [1.807, 2.05) is 0 Å². The molecule has 0 aliphatic carbocycles. The van der Waals surface area contributed by atoms with Crippen LogP contribution in [-0.4, -0.2) is 30.6 Å². The lowest BCUT2D eigenvalue weighted by molar-refractivity contribution is 0.199. The van der Waals surface area contributed by atoms with Crippen molar-refractivity contribution >= 4 is 23.2 Å². The van der Waals surface area contributed by atoms with Crippen molar-refractivity contribution in [2.75, 3.05) is 19.6 Å². The third-order valence-electron chi connectivity index (χ3n) is 2.96. The van der Waals surface area contributed by atoms with Gasteiger partial charge in [-0.2, -0.15) is 0 Å². The Kier molecular flexibility index (Phi) is 4.26. The first kappa shape index (κ1) is 13.1. The predicted octanol–water partition coefficient (Wildman–Crippen LogP) is 2.93. The average Bonchev–Trinajstić information content (AvgIpc) is 2.30. The van der Waals surface area contributed by atoms with Crippen molar-refractivity contribution in [1.82, 2.24) is 10.2 Å². The first-order valence-electron chi connectivity index (χ1n) is 5.66. The molecule has 0 bridgehead atoms. The van der Waals surface area contributed by atoms with E-state index in [0.717, 1.165) is 25.2 Å². The van der Waals surface area contributed by atoms with Crippen molar-refractivity contribution in [1.29, 1.82) is 0 Å². The maximum atomic E-state index is 13.2. The zero-order chi connectivity index (χ0) is 12.4. The van der Waals surface area contributed by atoms with Crippen LogP contribution >= 0.6 is 23.2 Å². The second-order valence-electron chi connectivity index (χ2n) is 4.42. The van der Waals surface area contributed by atoms with Crippen LogP contribution < -0.4 is 5.32 Å². The Morgan fingerprint density at radius 1 is 1.41 bits per heavy atom. The third kappa shape index (κ3) is 3.10. The highest BCUT2D eigenvalue weighted by molar-refractivity contribution is 6.42. The van der Waals surface area contributed by atoms with Crippen molar-refractivity contribution < 1.29 is 4.39 Å². The molecule has 1 heterocycles. The minimum Gasteiger partial charge on any atom is -0.312 e. The molecule has 0 aromatic heterocycles. The lowest BCUT2D eigenvalue weighted by Crippen LogP contribution is -2.48. The summed E-state index contributed by atoms with van der Waals surface area (Å²) in [6.07, 6.45) is 0. The molecule has 0 radical (unpaired) electrons. The molecule has 1 aliphatic rings. The van der Waals surface area contributed by atoms with Gasteiger partial charge in [-0.25, -0.2) is 4.39 Å². The van der Waals surface area contributed by atoms with Crippen LogP contribution in [0, 0.1) is 5.82 Å². The van der Waals surface area contributed by atoms with E-state index in [4.69, 9.17) is 23.2 Å². The molecule has 1 aromatic rings. The smallest absolute Gasteiger partial charge is 0.143 e. The van der Waals surface area contributed by atoms with Crippen LogP contribution in [-0.2, 0) is 6.54 Å². The molecule has 0 spiro atoms. The van der Waals surface area contributed by atoms with Gasteiger partial charge >= 0.3 is 0 Å². The molecule has 1 fully saturated rings. The van der Waals surface area contributed by atoms with Crippen molar-refractivity contribution in [3.05, 3.63) is 33.6 Å². The lowest BCUT2D eigenvalue weighted by Gasteiger charge is -2.32. The van der Waals surface area contributed by atoms with Gasteiger partial charge in [0.2, 0.25) is 0 Å². The SMILES string of the molecule is C[C@H]1CN(Cc2ccc(F)c(Cl)c2Cl)CCN1. The third-order valence-corrected chi connectivity index (χ3v) is 3.86. The number of halogens is 3. The predicted molar refractivity (Wildman–Crippen MR) is 69.2 cm³/mol. The monoisotopic (exact) mass is 276 g/mol. The van der Waals surface area contributed by atoms with Crippen LogP contribution in [0.5, 0.6) is 0 Å². The standard InChI is InChI=1S/C12H15Cl2FN2/c1-8-6-17(5-4-16-8)7-9-2-3-10(15)12(14)11(9)13/h2-3,8,16H,4-7H2,1H3/t8-/m0/s1. The number of hydrogen-bond donors (Lipinski definition) is 1. The maximum absolute atomic E-state index is 13.2. The molecule has 0 unspecified atom stereocenters. The molecule has 1 saturated heterocycles. The molecule has 17 heavy (non-hydrogen) atoms. The molecule has 1 aliphatic heterocycles. The number of hydrogen-bond acceptors (Lipinski definition) is 2. The van der Waals surface area contributed by atoms with Crippen LogP contribution in [0.3, 0.4) is 0 Å². The average molecular weight is 277 g/mol. The molecular weight excluding hydrogens is 262 g/mol. The van der Waals surface area contributed by atoms with E-state index < -0.39 is 5.82 Å². The lowest BCUT2D eigenvalue weighted by atomic mass is 10.1. The molecule has 94 valence electrons. The summed E-state index contributed by atoms with van der Waals surface area (Å²) in [4.78, 5) is 2.29. The minimum atomic E-state index is -0.464. The number of nitrogens with zero attached hydrogens (tertiary/aromatic N) is 1. The summed E-state index contributed by atoms with van der Waals surface area (Å²) in [6, 6.07) is 3.55. The second kappa shape index (κ2) is 5.53. The Balaban J connectivity index is 2.10. The van der Waals surface area contributed by atoms with Crippen LogP contribution in [0.4, 0.5) is 4.39 Å². The van der Waals surface area contributed by atoms with Gasteiger partial charge in [0.1, 0.15) is 5.82 Å². The molecule has 0 saturated carbocycles. The van der Waals surface area contributed by atoms with Gasteiger partial charge < -0.3 is 5.32 Å². The fraction of sp³-hybridized carbons (Fsp3) is 0.500. The normalized spacial score (nSPS) is 21.8. The topological polar surface area (TPSA) is 15.3 Å². The van der Waals surface area contributed by atoms with Gasteiger partial charge in [-0.3, -0.25) is 4.90 Å². The second-order valence-corrected chi connectivity index (χ2v) is 5.18. The summed E-state index contributed by atoms with van der Waals surface area (Å²) in [5, 5.41) is 3.72. The Labute approximate surface area is 111 Å². The van der Waals surface area contributed by atoms with Gasteiger partial charge in [-0.15, -0.1) is 0 Å². The van der Waals surface area contributed by atoms with E-state index in [-0.39, 0.29) is 5.02 Å². The molecule has 1 atom stereocenters. The van der Waals surface area contributed by atoms with E-state index in [1.54, 1.807) is 6.07 Å². The molecule has 0 amide bonds. The molecule has 1 N–H and O–H groups in total. The van der Waals surface area contributed by atoms with Crippen molar-refractivity contribution in [2.24, 2.45) is 0 Å². The zero-order valence-electron chi connectivity index (χ0n) is 9.64. The number of nitrogens with one attached hydrogen (secondary N) is 1. The van der Waals surface area contributed by atoms with Gasteiger partial charge in [-0.05, 0) is 18.6 Å². The van der Waals surface area contributed by atoms with E-state index in [9.17, 15) is 4.39 Å². The molecule has 2 rings (SSSR count). The van der Waals surface area contributed by atoms with Crippen molar-refractivity contribution in [3.63, 3.8) is 0 Å². The first-order valence-corrected chi connectivity index (χ1v) is 6.41. The Bertz CT molecular complexity index is 412. The van der Waals surface area contributed by atoms with Crippen LogP contribution in [0.1, 0.15) is 12.5 Å². The Morgan fingerprint density at radius 2 is 2.18 bits per heavy atom. The van der Waals surface area contributed by atoms with E-state index >= 15 is 0 Å². The zero-order valence-corrected chi connectivity index (χ0v) is 11.2. The Morgan fingerprint density at radius 3 is 2.88 bits per heavy atom. The largest absolute Gasteiger partial charge is 0.312 e. The highest BCUT2D eigenvalue weighted by Gasteiger charge is 2.18. The van der Waals surface area contributed by atoms with E-state index in [1.165, 1.54) is 6.07 Å². The van der Waals surface area contributed by atoms with Gasteiger partial charge in [0.15, 0.2) is 0 Å². The molecular formula is C12H15Cl2FN2. The first-order chi connectivity index (χ1) is 8.08. The quantitative estimate of drug-likeness (QED) is 0.836. The Hall–Kier alpha value is -0.350. The molecule has 1 aromatic carbocycles. The highest BCUT2D eigenvalue weighted by Crippen LogP contribution is 2.29. The fourth-order valence-corrected chi connectivity index (χ4v) is 2.48. The van der Waals surface area contributed by atoms with Gasteiger partial charge in [0, 0.05) is 32.2 Å². The number of rotatable bonds is 2. The van der Waals surface area contributed by atoms with Gasteiger partial charge in [-0.1, -0.05) is 29.3 Å². The number of piperazine rings is 1. The summed E-state index contributed by atoms with van der Waals surface area (Å²) in [6.45, 7) is 5.75. The number of benzene rings is 1. The van der Waals surface area contributed by atoms with E-state index in [2.05, 4.69) is 17.1 Å². The van der Waals surface area contributed by atoms with Crippen LogP contribution in [0.15, 0.2) is 12.1 Å². The van der Waals surface area contributed by atoms with Crippen molar-refractivity contribution in [3.8, 4) is 0 Å². The molecule has 2 nitrogen and oxygen atoms in total. The van der Waals surface area contributed by atoms with Gasteiger partial charge in [0.25, 0.3) is 0 Å². The van der Waals surface area contributed by atoms with Crippen molar-refractivity contribution in [2.45, 2.75) is 19.5 Å². The fourth-order valence-electron chi connectivity index (χ4n) is 2.08. The molecule has 5 heteroatoms. The van der Waals surface area contributed by atoms with Gasteiger partial charge in [0.05, 0.1) is 10.0 Å². The maximum Gasteiger partial charge on any atom is 0.143 e. The van der Waals surface area contributed by atoms with E-state index in [0.29, 0.717) is 17.6 Å². The summed E-state index contributed by atoms with van der Waals surface area (Å²) in [7, 11) is 0. The summed E-state index contributed by atoms with van der Waals surface area (Å²) < 4.78 is 13.2. The van der Waals surface area contributed by atoms with Crippen LogP contribution in [0.25, 0.3) is 0 Å². The highest BCUT2D eigenvalue weighted by atomic mass is 35.5. The summed E-state index contributed by atoms with van der Waals surface area (Å²) in [5.74, 6) is -0.464.